The smallest absolute Gasteiger partial charge is 0.257 e. The van der Waals surface area contributed by atoms with Gasteiger partial charge in [-0.2, -0.15) is 4.98 Å². The maximum Gasteiger partial charge on any atom is 0.351 e. The molecule has 5 nitrogen and oxygen atoms in total. The van der Waals surface area contributed by atoms with E-state index in [0.29, 0.717) is 10.1 Å². The summed E-state index contributed by atoms with van der Waals surface area (Å²) in [6, 6.07) is 3.39. The minimum Gasteiger partial charge on any atom is -0.257 e. The number of H-pyrrole nitrogens is 1. The summed E-state index contributed by atoms with van der Waals surface area (Å²) in [4.78, 5) is 27.8. The first-order chi connectivity index (χ1) is 6.18. The summed E-state index contributed by atoms with van der Waals surface area (Å²) in [6.45, 7) is 0. The molecule has 0 saturated heterocycles. The highest BCUT2D eigenvalue weighted by molar-refractivity contribution is 9.10. The number of halogens is 1. The van der Waals surface area contributed by atoms with E-state index in [-0.39, 0.29) is 0 Å². The minimum absolute atomic E-state index is 0.316. The van der Waals surface area contributed by atoms with Crippen molar-refractivity contribution in [3.05, 3.63) is 43.8 Å². The van der Waals surface area contributed by atoms with Gasteiger partial charge in [-0.1, -0.05) is 0 Å². The van der Waals surface area contributed by atoms with E-state index < -0.39 is 11.4 Å². The molecule has 0 spiro atoms. The molecule has 0 radical (unpaired) electrons. The lowest BCUT2D eigenvalue weighted by Gasteiger charge is -1.98. The molecule has 0 saturated carbocycles. The van der Waals surface area contributed by atoms with Crippen LogP contribution >= 0.6 is 15.9 Å². The highest BCUT2D eigenvalue weighted by atomic mass is 79.9. The Morgan fingerprint density at radius 2 is 2.23 bits per heavy atom. The zero-order valence-electron chi connectivity index (χ0n) is 6.32. The fourth-order valence-corrected chi connectivity index (χ4v) is 1.45. The molecule has 2 aromatic heterocycles. The number of pyridine rings is 1. The zero-order valence-corrected chi connectivity index (χ0v) is 7.91. The van der Waals surface area contributed by atoms with Crippen molar-refractivity contribution in [3.8, 4) is 0 Å². The van der Waals surface area contributed by atoms with Gasteiger partial charge >= 0.3 is 11.4 Å². The van der Waals surface area contributed by atoms with Crippen molar-refractivity contribution in [1.29, 1.82) is 0 Å². The third-order valence-corrected chi connectivity index (χ3v) is 2.18. The molecule has 2 aromatic rings. The second-order valence-corrected chi connectivity index (χ2v) is 3.25. The number of nitrogens with zero attached hydrogens (tertiary/aromatic N) is 2. The van der Waals surface area contributed by atoms with Crippen molar-refractivity contribution < 1.29 is 0 Å². The summed E-state index contributed by atoms with van der Waals surface area (Å²) in [6.07, 6.45) is 1.53. The highest BCUT2D eigenvalue weighted by Crippen LogP contribution is 2.11. The Morgan fingerprint density at radius 3 is 3.00 bits per heavy atom. The number of aromatic amines is 1. The molecule has 6 heteroatoms. The number of hydrogen-bond donors (Lipinski definition) is 1. The molecule has 0 aliphatic heterocycles. The Kier molecular flexibility index (Phi) is 1.77. The number of hydrogen-bond acceptors (Lipinski definition) is 3. The number of aromatic nitrogens is 3. The Labute approximate surface area is 80.2 Å². The van der Waals surface area contributed by atoms with Gasteiger partial charge in [-0.25, -0.2) is 9.59 Å². The topological polar surface area (TPSA) is 67.2 Å². The zero-order chi connectivity index (χ0) is 9.42. The molecule has 0 aliphatic rings. The highest BCUT2D eigenvalue weighted by Gasteiger charge is 2.01. The van der Waals surface area contributed by atoms with E-state index in [2.05, 4.69) is 25.9 Å². The van der Waals surface area contributed by atoms with Crippen LogP contribution in [0.1, 0.15) is 0 Å². The van der Waals surface area contributed by atoms with Crippen molar-refractivity contribution in [2.24, 2.45) is 0 Å². The van der Waals surface area contributed by atoms with Gasteiger partial charge in [-0.05, 0) is 28.1 Å². The molecule has 0 atom stereocenters. The number of fused-ring (bicyclic) bond motifs is 1. The van der Waals surface area contributed by atoms with Crippen LogP contribution in [0.5, 0.6) is 0 Å². The molecule has 66 valence electrons. The van der Waals surface area contributed by atoms with Crippen LogP contribution in [0.2, 0.25) is 0 Å². The van der Waals surface area contributed by atoms with Gasteiger partial charge in [0.2, 0.25) is 0 Å². The van der Waals surface area contributed by atoms with Gasteiger partial charge in [0, 0.05) is 6.20 Å². The van der Waals surface area contributed by atoms with Gasteiger partial charge in [-0.3, -0.25) is 9.38 Å². The summed E-state index contributed by atoms with van der Waals surface area (Å²) in [7, 11) is 0. The molecule has 2 heterocycles. The predicted molar refractivity (Wildman–Crippen MR) is 49.8 cm³/mol. The van der Waals surface area contributed by atoms with Gasteiger partial charge in [0.05, 0.1) is 4.47 Å². The van der Waals surface area contributed by atoms with Gasteiger partial charge in [0.1, 0.15) is 0 Å². The van der Waals surface area contributed by atoms with E-state index in [9.17, 15) is 9.59 Å². The molecule has 13 heavy (non-hydrogen) atoms. The van der Waals surface area contributed by atoms with Gasteiger partial charge < -0.3 is 0 Å². The molecule has 0 fully saturated rings. The largest absolute Gasteiger partial charge is 0.351 e. The standard InChI is InChI=1S/C7H4BrN3O2/c8-4-2-1-3-11-5(4)9-6(12)10-7(11)13/h1-3H,(H,10,12,13). The Balaban J connectivity index is 3.12. The summed E-state index contributed by atoms with van der Waals surface area (Å²) in [5.74, 6) is 0. The molecule has 2 rings (SSSR count). The van der Waals surface area contributed by atoms with Crippen molar-refractivity contribution in [2.45, 2.75) is 0 Å². The molecular formula is C7H4BrN3O2. The third-order valence-electron chi connectivity index (χ3n) is 1.56. The van der Waals surface area contributed by atoms with Crippen LogP contribution in [0.4, 0.5) is 0 Å². The fourth-order valence-electron chi connectivity index (χ4n) is 1.02. The first kappa shape index (κ1) is 8.18. The summed E-state index contributed by atoms with van der Waals surface area (Å²) in [5, 5.41) is 0. The van der Waals surface area contributed by atoms with E-state index in [4.69, 9.17) is 0 Å². The van der Waals surface area contributed by atoms with Crippen LogP contribution < -0.4 is 11.4 Å². The van der Waals surface area contributed by atoms with E-state index >= 15 is 0 Å². The van der Waals surface area contributed by atoms with Crippen LogP contribution in [0.25, 0.3) is 5.65 Å². The molecule has 0 bridgehead atoms. The van der Waals surface area contributed by atoms with Gasteiger partial charge in [0.15, 0.2) is 5.65 Å². The van der Waals surface area contributed by atoms with Crippen LogP contribution in [-0.4, -0.2) is 14.4 Å². The number of rotatable bonds is 0. The second kappa shape index (κ2) is 2.81. The second-order valence-electron chi connectivity index (χ2n) is 2.40. The maximum atomic E-state index is 11.2. The Morgan fingerprint density at radius 1 is 1.46 bits per heavy atom. The first-order valence-corrected chi connectivity index (χ1v) is 4.25. The average molecular weight is 242 g/mol. The lowest BCUT2D eigenvalue weighted by molar-refractivity contribution is 0.901. The normalized spacial score (nSPS) is 10.5. The fraction of sp³-hybridized carbons (Fsp3) is 0. The monoisotopic (exact) mass is 241 g/mol. The van der Waals surface area contributed by atoms with Crippen molar-refractivity contribution in [2.75, 3.05) is 0 Å². The lowest BCUT2D eigenvalue weighted by Crippen LogP contribution is -2.28. The number of nitrogens with one attached hydrogen (secondary N) is 1. The van der Waals surface area contributed by atoms with Crippen LogP contribution in [0.15, 0.2) is 32.4 Å². The van der Waals surface area contributed by atoms with E-state index in [1.54, 1.807) is 12.1 Å². The van der Waals surface area contributed by atoms with E-state index in [1.807, 2.05) is 0 Å². The summed E-state index contributed by atoms with van der Waals surface area (Å²) < 4.78 is 1.86. The molecule has 0 aromatic carbocycles. The van der Waals surface area contributed by atoms with Gasteiger partial charge in [0.25, 0.3) is 0 Å². The molecule has 0 aliphatic carbocycles. The van der Waals surface area contributed by atoms with Crippen LogP contribution in [0.3, 0.4) is 0 Å². The maximum absolute atomic E-state index is 11.2. The van der Waals surface area contributed by atoms with Crippen LogP contribution in [0, 0.1) is 0 Å². The minimum atomic E-state index is -0.642. The Bertz CT molecular complexity index is 572. The van der Waals surface area contributed by atoms with Crippen molar-refractivity contribution in [1.82, 2.24) is 14.4 Å². The quantitative estimate of drug-likeness (QED) is 0.714. The average Bonchev–Trinajstić information content (AvgIpc) is 2.07. The van der Waals surface area contributed by atoms with E-state index in [1.165, 1.54) is 10.6 Å². The SMILES string of the molecule is O=c1nc2c(Br)cccn2c(=O)[nH]1. The summed E-state index contributed by atoms with van der Waals surface area (Å²) in [5.41, 5.74) is -0.815. The molecule has 1 N–H and O–H groups in total. The Hall–Kier alpha value is -1.43. The van der Waals surface area contributed by atoms with Crippen LogP contribution in [-0.2, 0) is 0 Å². The summed E-state index contributed by atoms with van der Waals surface area (Å²) >= 11 is 3.19. The van der Waals surface area contributed by atoms with Gasteiger partial charge in [-0.15, -0.1) is 0 Å². The first-order valence-electron chi connectivity index (χ1n) is 3.46. The lowest BCUT2D eigenvalue weighted by atomic mass is 10.5. The third kappa shape index (κ3) is 1.29. The van der Waals surface area contributed by atoms with E-state index in [0.717, 1.165) is 0 Å². The van der Waals surface area contributed by atoms with Crippen molar-refractivity contribution >= 4 is 21.6 Å². The molecule has 0 unspecified atom stereocenters. The molecule has 0 amide bonds. The molecular weight excluding hydrogens is 238 g/mol. The predicted octanol–water partition coefficient (Wildman–Crippen LogP) is 0.145. The van der Waals surface area contributed by atoms with Crippen molar-refractivity contribution in [3.63, 3.8) is 0 Å².